The first-order valence-corrected chi connectivity index (χ1v) is 10.1. The molecule has 0 bridgehead atoms. The molecular formula is C22H34O6. The molecule has 3 aliphatic rings. The average Bonchev–Trinajstić information content (AvgIpc) is 2.57. The third kappa shape index (κ3) is 3.15. The summed E-state index contributed by atoms with van der Waals surface area (Å²) in [5.74, 6) is -1.12. The van der Waals surface area contributed by atoms with Crippen molar-refractivity contribution < 1.29 is 30.0 Å². The molecule has 0 radical (unpaired) electrons. The van der Waals surface area contributed by atoms with Gasteiger partial charge in [0, 0.05) is 36.0 Å². The van der Waals surface area contributed by atoms with Crippen molar-refractivity contribution in [2.24, 2.45) is 28.6 Å². The Morgan fingerprint density at radius 2 is 1.89 bits per heavy atom. The number of aliphatic hydroxyl groups excluding tert-OH is 4. The smallest absolute Gasteiger partial charge is 0.302 e. The van der Waals surface area contributed by atoms with E-state index in [4.69, 9.17) is 4.74 Å². The quantitative estimate of drug-likeness (QED) is 0.428. The Kier molecular flexibility index (Phi) is 5.56. The highest BCUT2D eigenvalue weighted by atomic mass is 16.5. The molecule has 0 aliphatic heterocycles. The second-order valence-corrected chi connectivity index (χ2v) is 9.74. The molecule has 0 aromatic heterocycles. The van der Waals surface area contributed by atoms with Crippen LogP contribution < -0.4 is 0 Å². The van der Waals surface area contributed by atoms with Crippen LogP contribution in [0.4, 0.5) is 0 Å². The highest BCUT2D eigenvalue weighted by Crippen LogP contribution is 2.63. The third-order valence-corrected chi connectivity index (χ3v) is 7.73. The van der Waals surface area contributed by atoms with E-state index >= 15 is 0 Å². The van der Waals surface area contributed by atoms with Crippen molar-refractivity contribution in [2.45, 2.75) is 71.4 Å². The number of hydrogen-bond donors (Lipinski definition) is 4. The molecule has 0 saturated heterocycles. The molecule has 0 aromatic rings. The normalized spacial score (nSPS) is 44.7. The van der Waals surface area contributed by atoms with Crippen LogP contribution in [0, 0.1) is 28.6 Å². The number of esters is 1. The molecule has 3 rings (SSSR count). The van der Waals surface area contributed by atoms with E-state index in [2.05, 4.69) is 6.58 Å². The van der Waals surface area contributed by atoms with Gasteiger partial charge in [-0.25, -0.2) is 0 Å². The first-order valence-electron chi connectivity index (χ1n) is 10.1. The predicted octanol–water partition coefficient (Wildman–Crippen LogP) is 1.57. The Morgan fingerprint density at radius 3 is 2.46 bits per heavy atom. The maximum Gasteiger partial charge on any atom is 0.302 e. The van der Waals surface area contributed by atoms with Crippen LogP contribution in [0.2, 0.25) is 0 Å². The summed E-state index contributed by atoms with van der Waals surface area (Å²) in [5.41, 5.74) is 0.269. The summed E-state index contributed by atoms with van der Waals surface area (Å²) in [4.78, 5) is 11.6. The van der Waals surface area contributed by atoms with Gasteiger partial charge in [0.1, 0.15) is 6.10 Å². The summed E-state index contributed by atoms with van der Waals surface area (Å²) in [6, 6.07) is 0. The summed E-state index contributed by atoms with van der Waals surface area (Å²) in [6.45, 7) is 11.0. The van der Waals surface area contributed by atoms with Gasteiger partial charge in [-0.05, 0) is 24.3 Å². The summed E-state index contributed by atoms with van der Waals surface area (Å²) in [7, 11) is 0. The molecule has 2 saturated carbocycles. The van der Waals surface area contributed by atoms with E-state index in [-0.39, 0.29) is 30.8 Å². The van der Waals surface area contributed by atoms with Gasteiger partial charge in [-0.3, -0.25) is 4.79 Å². The molecule has 0 spiro atoms. The van der Waals surface area contributed by atoms with Crippen LogP contribution in [-0.2, 0) is 9.53 Å². The Morgan fingerprint density at radius 1 is 1.25 bits per heavy atom. The largest absolute Gasteiger partial charge is 0.462 e. The zero-order valence-corrected chi connectivity index (χ0v) is 17.3. The Bertz CT molecular complexity index is 683. The standard InChI is InChI=1S/C22H34O6/c1-11(10-23)13-6-14-8-16(26)20-21(3,4)18(28-12(2)24)9-17(27)22(20,5)19(14)15(25)7-13/h8,13,15-20,23,25-27H,1,6-7,9-10H2,2-5H3/t13-,15-,16-,17-,18-,19-,20+,22-/m0/s1. The molecule has 0 unspecified atom stereocenters. The minimum atomic E-state index is -0.828. The van der Waals surface area contributed by atoms with Gasteiger partial charge in [-0.1, -0.05) is 39.0 Å². The van der Waals surface area contributed by atoms with Gasteiger partial charge < -0.3 is 25.2 Å². The SMILES string of the molecule is C=C(CO)[C@H]1CC2=C[C@H](O)[C@@H]3C(C)(C)[C@@H](OC(C)=O)C[C@H](O)[C@@]3(C)[C@@H]2[C@@H](O)C1. The monoisotopic (exact) mass is 394 g/mol. The van der Waals surface area contributed by atoms with Crippen LogP contribution in [0.25, 0.3) is 0 Å². The number of aliphatic hydroxyl groups is 4. The number of hydrogen-bond acceptors (Lipinski definition) is 6. The van der Waals surface area contributed by atoms with Crippen molar-refractivity contribution in [3.05, 3.63) is 23.8 Å². The molecular weight excluding hydrogens is 360 g/mol. The molecule has 0 aromatic carbocycles. The van der Waals surface area contributed by atoms with E-state index in [1.807, 2.05) is 26.8 Å². The zero-order chi connectivity index (χ0) is 21.0. The van der Waals surface area contributed by atoms with E-state index in [1.54, 1.807) is 0 Å². The molecule has 3 aliphatic carbocycles. The molecule has 158 valence electrons. The van der Waals surface area contributed by atoms with E-state index in [9.17, 15) is 25.2 Å². The molecule has 2 fully saturated rings. The van der Waals surface area contributed by atoms with E-state index in [0.29, 0.717) is 18.4 Å². The molecule has 0 heterocycles. The van der Waals surface area contributed by atoms with Crippen LogP contribution in [0.1, 0.15) is 47.0 Å². The van der Waals surface area contributed by atoms with Crippen molar-refractivity contribution in [2.75, 3.05) is 6.61 Å². The van der Waals surface area contributed by atoms with Gasteiger partial charge in [-0.2, -0.15) is 0 Å². The van der Waals surface area contributed by atoms with Gasteiger partial charge >= 0.3 is 5.97 Å². The Labute approximate surface area is 166 Å². The number of carbonyl (C=O) groups excluding carboxylic acids is 1. The molecule has 8 atom stereocenters. The maximum atomic E-state index is 11.6. The van der Waals surface area contributed by atoms with Crippen molar-refractivity contribution in [3.8, 4) is 0 Å². The van der Waals surface area contributed by atoms with Crippen LogP contribution in [0.15, 0.2) is 23.8 Å². The lowest BCUT2D eigenvalue weighted by Gasteiger charge is -2.63. The van der Waals surface area contributed by atoms with Crippen LogP contribution in [-0.4, -0.2) is 57.4 Å². The van der Waals surface area contributed by atoms with Crippen LogP contribution >= 0.6 is 0 Å². The molecule has 6 nitrogen and oxygen atoms in total. The van der Waals surface area contributed by atoms with Gasteiger partial charge in [0.2, 0.25) is 0 Å². The molecule has 28 heavy (non-hydrogen) atoms. The predicted molar refractivity (Wildman–Crippen MR) is 104 cm³/mol. The van der Waals surface area contributed by atoms with Crippen LogP contribution in [0.3, 0.4) is 0 Å². The highest BCUT2D eigenvalue weighted by Gasteiger charge is 2.65. The minimum Gasteiger partial charge on any atom is -0.462 e. The second-order valence-electron chi connectivity index (χ2n) is 9.74. The van der Waals surface area contributed by atoms with Gasteiger partial charge in [0.05, 0.1) is 24.9 Å². The molecule has 4 N–H and O–H groups in total. The number of rotatable bonds is 3. The molecule has 0 amide bonds. The maximum absolute atomic E-state index is 11.6. The lowest BCUT2D eigenvalue weighted by Crippen LogP contribution is -2.67. The summed E-state index contributed by atoms with van der Waals surface area (Å²) in [6.07, 6.45) is 0.297. The Hall–Kier alpha value is -1.21. The summed E-state index contributed by atoms with van der Waals surface area (Å²) in [5, 5.41) is 42.8. The zero-order valence-electron chi connectivity index (χ0n) is 17.3. The topological polar surface area (TPSA) is 107 Å². The third-order valence-electron chi connectivity index (χ3n) is 7.73. The van der Waals surface area contributed by atoms with Crippen molar-refractivity contribution in [1.82, 2.24) is 0 Å². The van der Waals surface area contributed by atoms with E-state index in [1.165, 1.54) is 6.92 Å². The fraction of sp³-hybridized carbons (Fsp3) is 0.773. The van der Waals surface area contributed by atoms with Crippen molar-refractivity contribution >= 4 is 5.97 Å². The fourth-order valence-electron chi connectivity index (χ4n) is 6.49. The summed E-state index contributed by atoms with van der Waals surface area (Å²) >= 11 is 0. The second kappa shape index (κ2) is 7.24. The van der Waals surface area contributed by atoms with Crippen molar-refractivity contribution in [3.63, 3.8) is 0 Å². The van der Waals surface area contributed by atoms with Gasteiger partial charge in [0.25, 0.3) is 0 Å². The summed E-state index contributed by atoms with van der Waals surface area (Å²) < 4.78 is 5.51. The van der Waals surface area contributed by atoms with Crippen molar-refractivity contribution in [1.29, 1.82) is 0 Å². The molecule has 6 heteroatoms. The van der Waals surface area contributed by atoms with E-state index < -0.39 is 41.2 Å². The lowest BCUT2D eigenvalue weighted by atomic mass is 9.43. The average molecular weight is 395 g/mol. The number of ether oxygens (including phenoxy) is 1. The number of fused-ring (bicyclic) bond motifs is 3. The highest BCUT2D eigenvalue weighted by molar-refractivity contribution is 5.66. The fourth-order valence-corrected chi connectivity index (χ4v) is 6.49. The number of carbonyl (C=O) groups is 1. The van der Waals surface area contributed by atoms with Gasteiger partial charge in [0.15, 0.2) is 0 Å². The Balaban J connectivity index is 2.04. The first-order chi connectivity index (χ1) is 12.9. The first kappa shape index (κ1) is 21.5. The minimum absolute atomic E-state index is 0.0441. The van der Waals surface area contributed by atoms with E-state index in [0.717, 1.165) is 5.57 Å². The lowest BCUT2D eigenvalue weighted by molar-refractivity contribution is -0.227. The van der Waals surface area contributed by atoms with Crippen LogP contribution in [0.5, 0.6) is 0 Å². The van der Waals surface area contributed by atoms with Gasteiger partial charge in [-0.15, -0.1) is 0 Å².